The molecule has 20 heavy (non-hydrogen) atoms. The van der Waals surface area contributed by atoms with Crippen LogP contribution in [0.15, 0.2) is 53.0 Å². The molecule has 106 valence electrons. The van der Waals surface area contributed by atoms with Crippen molar-refractivity contribution in [3.63, 3.8) is 0 Å². The van der Waals surface area contributed by atoms with Crippen LogP contribution in [0, 0.1) is 0 Å². The maximum atomic E-state index is 3.65. The number of nitrogens with one attached hydrogen (secondary N) is 1. The molecule has 0 aromatic heterocycles. The van der Waals surface area contributed by atoms with E-state index >= 15 is 0 Å². The summed E-state index contributed by atoms with van der Waals surface area (Å²) in [5.41, 5.74) is 4.07. The normalized spacial score (nSPS) is 12.3. The molecule has 1 atom stereocenters. The van der Waals surface area contributed by atoms with Crippen molar-refractivity contribution in [1.82, 2.24) is 5.32 Å². The molecular formula is C18H22BrN. The summed E-state index contributed by atoms with van der Waals surface area (Å²) >= 11 is 3.60. The van der Waals surface area contributed by atoms with Crippen LogP contribution < -0.4 is 5.32 Å². The van der Waals surface area contributed by atoms with Crippen LogP contribution in [0.5, 0.6) is 0 Å². The molecule has 0 saturated heterocycles. The Bertz CT molecular complexity index is 533. The summed E-state index contributed by atoms with van der Waals surface area (Å²) in [6, 6.07) is 17.8. The van der Waals surface area contributed by atoms with Gasteiger partial charge >= 0.3 is 0 Å². The third-order valence-corrected chi connectivity index (χ3v) is 4.47. The van der Waals surface area contributed by atoms with Crippen molar-refractivity contribution in [3.8, 4) is 0 Å². The van der Waals surface area contributed by atoms with E-state index in [1.54, 1.807) is 0 Å². The van der Waals surface area contributed by atoms with E-state index in [0.717, 1.165) is 19.4 Å². The van der Waals surface area contributed by atoms with Crippen LogP contribution in [0.4, 0.5) is 0 Å². The van der Waals surface area contributed by atoms with Crippen LogP contribution in [0.2, 0.25) is 0 Å². The maximum absolute atomic E-state index is 3.65. The van der Waals surface area contributed by atoms with E-state index in [0.29, 0.717) is 6.04 Å². The van der Waals surface area contributed by atoms with Gasteiger partial charge in [-0.15, -0.1) is 0 Å². The Labute approximate surface area is 130 Å². The Hall–Kier alpha value is -1.12. The first kappa shape index (κ1) is 15.3. The lowest BCUT2D eigenvalue weighted by atomic mass is 10.0. The van der Waals surface area contributed by atoms with Gasteiger partial charge in [-0.3, -0.25) is 0 Å². The molecule has 0 aliphatic heterocycles. The number of halogens is 1. The van der Waals surface area contributed by atoms with E-state index in [9.17, 15) is 0 Å². The number of aryl methyl sites for hydroxylation is 1. The van der Waals surface area contributed by atoms with Crippen molar-refractivity contribution in [3.05, 3.63) is 69.7 Å². The molecular weight excluding hydrogens is 310 g/mol. The van der Waals surface area contributed by atoms with Crippen LogP contribution in [0.3, 0.4) is 0 Å². The smallest absolute Gasteiger partial charge is 0.0320 e. The van der Waals surface area contributed by atoms with Crippen molar-refractivity contribution in [1.29, 1.82) is 0 Å². The lowest BCUT2D eigenvalue weighted by Gasteiger charge is -2.18. The summed E-state index contributed by atoms with van der Waals surface area (Å²) in [6.07, 6.45) is 2.19. The predicted molar refractivity (Wildman–Crippen MR) is 89.8 cm³/mol. The van der Waals surface area contributed by atoms with Crippen molar-refractivity contribution < 1.29 is 0 Å². The van der Waals surface area contributed by atoms with E-state index in [4.69, 9.17) is 0 Å². The first-order valence-corrected chi connectivity index (χ1v) is 8.09. The van der Waals surface area contributed by atoms with Crippen molar-refractivity contribution in [2.75, 3.05) is 0 Å². The molecule has 0 amide bonds. The van der Waals surface area contributed by atoms with Crippen molar-refractivity contribution >= 4 is 15.9 Å². The average Bonchev–Trinajstić information content (AvgIpc) is 2.50. The molecule has 0 radical (unpaired) electrons. The fraction of sp³-hybridized carbons (Fsp3) is 0.333. The topological polar surface area (TPSA) is 12.0 Å². The SMILES string of the molecule is CCc1ccc(C(CC)NCc2ccccc2Br)cc1. The van der Waals surface area contributed by atoms with Gasteiger partial charge in [-0.1, -0.05) is 72.2 Å². The first-order chi connectivity index (χ1) is 9.74. The lowest BCUT2D eigenvalue weighted by molar-refractivity contribution is 0.518. The van der Waals surface area contributed by atoms with Gasteiger partial charge in [0.2, 0.25) is 0 Å². The zero-order valence-electron chi connectivity index (χ0n) is 12.2. The van der Waals surface area contributed by atoms with Gasteiger partial charge in [0, 0.05) is 17.1 Å². The molecule has 2 rings (SSSR count). The number of hydrogen-bond acceptors (Lipinski definition) is 1. The van der Waals surface area contributed by atoms with E-state index in [1.807, 2.05) is 6.07 Å². The summed E-state index contributed by atoms with van der Waals surface area (Å²) in [5, 5.41) is 3.65. The van der Waals surface area contributed by atoms with Gasteiger partial charge in [0.25, 0.3) is 0 Å². The van der Waals surface area contributed by atoms with Gasteiger partial charge in [-0.2, -0.15) is 0 Å². The highest BCUT2D eigenvalue weighted by atomic mass is 79.9. The van der Waals surface area contributed by atoms with Crippen LogP contribution in [0.25, 0.3) is 0 Å². The number of rotatable bonds is 6. The summed E-state index contributed by atoms with van der Waals surface area (Å²) < 4.78 is 1.17. The molecule has 0 heterocycles. The molecule has 0 aliphatic rings. The largest absolute Gasteiger partial charge is 0.306 e. The van der Waals surface area contributed by atoms with E-state index in [1.165, 1.54) is 21.2 Å². The summed E-state index contributed by atoms with van der Waals surface area (Å²) in [4.78, 5) is 0. The fourth-order valence-electron chi connectivity index (χ4n) is 2.36. The Balaban J connectivity index is 2.03. The Morgan fingerprint density at radius 3 is 2.30 bits per heavy atom. The van der Waals surface area contributed by atoms with Crippen LogP contribution in [0.1, 0.15) is 43.0 Å². The van der Waals surface area contributed by atoms with Gasteiger partial charge in [0.15, 0.2) is 0 Å². The standard InChI is InChI=1S/C18H22BrN/c1-3-14-9-11-15(12-10-14)18(4-2)20-13-16-7-5-6-8-17(16)19/h5-12,18,20H,3-4,13H2,1-2H3. The summed E-state index contributed by atoms with van der Waals surface area (Å²) in [6.45, 7) is 5.30. The van der Waals surface area contributed by atoms with E-state index in [2.05, 4.69) is 77.6 Å². The summed E-state index contributed by atoms with van der Waals surface area (Å²) in [7, 11) is 0. The molecule has 2 aromatic rings. The van der Waals surface area contributed by atoms with Gasteiger partial charge in [-0.25, -0.2) is 0 Å². The zero-order chi connectivity index (χ0) is 14.4. The van der Waals surface area contributed by atoms with Crippen LogP contribution in [-0.2, 0) is 13.0 Å². The minimum atomic E-state index is 0.410. The number of hydrogen-bond donors (Lipinski definition) is 1. The Morgan fingerprint density at radius 1 is 1.00 bits per heavy atom. The molecule has 1 nitrogen and oxygen atoms in total. The first-order valence-electron chi connectivity index (χ1n) is 7.30. The minimum absolute atomic E-state index is 0.410. The highest BCUT2D eigenvalue weighted by molar-refractivity contribution is 9.10. The van der Waals surface area contributed by atoms with Gasteiger partial charge in [-0.05, 0) is 35.6 Å². The summed E-state index contributed by atoms with van der Waals surface area (Å²) in [5.74, 6) is 0. The molecule has 0 bridgehead atoms. The lowest BCUT2D eigenvalue weighted by Crippen LogP contribution is -2.20. The van der Waals surface area contributed by atoms with Gasteiger partial charge in [0.05, 0.1) is 0 Å². The molecule has 2 heteroatoms. The zero-order valence-corrected chi connectivity index (χ0v) is 13.8. The maximum Gasteiger partial charge on any atom is 0.0320 e. The Morgan fingerprint density at radius 2 is 1.70 bits per heavy atom. The van der Waals surface area contributed by atoms with Gasteiger partial charge in [0.1, 0.15) is 0 Å². The molecule has 1 N–H and O–H groups in total. The van der Waals surface area contributed by atoms with Crippen LogP contribution >= 0.6 is 15.9 Å². The molecule has 2 aromatic carbocycles. The molecule has 0 spiro atoms. The molecule has 0 fully saturated rings. The van der Waals surface area contributed by atoms with Crippen molar-refractivity contribution in [2.45, 2.75) is 39.3 Å². The Kier molecular flexibility index (Phi) is 5.81. The minimum Gasteiger partial charge on any atom is -0.306 e. The van der Waals surface area contributed by atoms with Gasteiger partial charge < -0.3 is 5.32 Å². The quantitative estimate of drug-likeness (QED) is 0.761. The highest BCUT2D eigenvalue weighted by Gasteiger charge is 2.09. The third kappa shape index (κ3) is 3.94. The van der Waals surface area contributed by atoms with Crippen molar-refractivity contribution in [2.24, 2.45) is 0 Å². The highest BCUT2D eigenvalue weighted by Crippen LogP contribution is 2.20. The predicted octanol–water partition coefficient (Wildman–Crippen LogP) is 5.25. The fourth-order valence-corrected chi connectivity index (χ4v) is 2.78. The molecule has 0 saturated carbocycles. The molecule has 0 aliphatic carbocycles. The van der Waals surface area contributed by atoms with E-state index in [-0.39, 0.29) is 0 Å². The van der Waals surface area contributed by atoms with E-state index < -0.39 is 0 Å². The molecule has 1 unspecified atom stereocenters. The van der Waals surface area contributed by atoms with Crippen LogP contribution in [-0.4, -0.2) is 0 Å². The monoisotopic (exact) mass is 331 g/mol. The third-order valence-electron chi connectivity index (χ3n) is 3.70. The second-order valence-corrected chi connectivity index (χ2v) is 5.88. The average molecular weight is 332 g/mol. The second kappa shape index (κ2) is 7.61. The second-order valence-electron chi connectivity index (χ2n) is 5.03. The number of benzene rings is 2.